The number of nitrogens with one attached hydrogen (secondary N) is 1. The highest BCUT2D eigenvalue weighted by Crippen LogP contribution is 2.21. The first-order valence-electron chi connectivity index (χ1n) is 5.58. The molecule has 2 aromatic heterocycles. The van der Waals surface area contributed by atoms with Crippen LogP contribution in [0, 0.1) is 0 Å². The third kappa shape index (κ3) is 2.94. The van der Waals surface area contributed by atoms with Crippen LogP contribution in [0.1, 0.15) is 22.3 Å². The summed E-state index contributed by atoms with van der Waals surface area (Å²) in [6, 6.07) is 5.66. The number of hydrogen-bond donors (Lipinski definition) is 2. The van der Waals surface area contributed by atoms with E-state index in [2.05, 4.69) is 21.2 Å². The molecule has 4 nitrogen and oxygen atoms in total. The first-order valence-corrected chi connectivity index (χ1v) is 7.19. The van der Waals surface area contributed by atoms with E-state index in [-0.39, 0.29) is 5.91 Å². The van der Waals surface area contributed by atoms with Crippen LogP contribution in [-0.2, 0) is 13.1 Å². The van der Waals surface area contributed by atoms with Crippen molar-refractivity contribution in [2.75, 3.05) is 5.73 Å². The van der Waals surface area contributed by atoms with Crippen molar-refractivity contribution >= 4 is 38.9 Å². The third-order valence-corrected chi connectivity index (χ3v) is 4.17. The summed E-state index contributed by atoms with van der Waals surface area (Å²) in [5.41, 5.74) is 6.91. The zero-order valence-corrected chi connectivity index (χ0v) is 12.3. The van der Waals surface area contributed by atoms with Crippen molar-refractivity contribution in [3.05, 3.63) is 38.8 Å². The molecule has 6 heteroatoms. The van der Waals surface area contributed by atoms with Gasteiger partial charge < -0.3 is 15.6 Å². The number of anilines is 1. The van der Waals surface area contributed by atoms with E-state index in [1.807, 2.05) is 23.6 Å². The summed E-state index contributed by atoms with van der Waals surface area (Å²) in [5, 5.41) is 2.89. The van der Waals surface area contributed by atoms with Crippen LogP contribution in [-0.4, -0.2) is 10.5 Å². The smallest absolute Gasteiger partial charge is 0.268 e. The zero-order valence-electron chi connectivity index (χ0n) is 9.94. The maximum absolute atomic E-state index is 12.0. The van der Waals surface area contributed by atoms with Crippen molar-refractivity contribution in [2.45, 2.75) is 20.0 Å². The van der Waals surface area contributed by atoms with Gasteiger partial charge in [0.05, 0.1) is 16.0 Å². The maximum atomic E-state index is 12.0. The molecule has 2 heterocycles. The Balaban J connectivity index is 2.03. The molecule has 0 aromatic carbocycles. The monoisotopic (exact) mass is 327 g/mol. The number of thiophene rings is 1. The molecule has 0 atom stereocenters. The number of amides is 1. The average Bonchev–Trinajstić information content (AvgIpc) is 2.92. The van der Waals surface area contributed by atoms with E-state index >= 15 is 0 Å². The molecule has 0 aliphatic heterocycles. The lowest BCUT2D eigenvalue weighted by atomic mass is 10.3. The predicted molar refractivity (Wildman–Crippen MR) is 77.7 cm³/mol. The maximum Gasteiger partial charge on any atom is 0.268 e. The second-order valence-electron chi connectivity index (χ2n) is 3.83. The van der Waals surface area contributed by atoms with Crippen molar-refractivity contribution in [1.82, 2.24) is 9.88 Å². The van der Waals surface area contributed by atoms with Gasteiger partial charge in [-0.25, -0.2) is 0 Å². The third-order valence-electron chi connectivity index (χ3n) is 2.54. The van der Waals surface area contributed by atoms with Crippen molar-refractivity contribution in [2.24, 2.45) is 0 Å². The van der Waals surface area contributed by atoms with Gasteiger partial charge >= 0.3 is 0 Å². The van der Waals surface area contributed by atoms with Crippen LogP contribution in [0.15, 0.2) is 28.2 Å². The fourth-order valence-electron chi connectivity index (χ4n) is 1.69. The minimum absolute atomic E-state index is 0.0990. The van der Waals surface area contributed by atoms with Crippen LogP contribution in [0.25, 0.3) is 0 Å². The summed E-state index contributed by atoms with van der Waals surface area (Å²) in [6.07, 6.45) is 1.77. The predicted octanol–water partition coefficient (Wildman–Crippen LogP) is 2.84. The summed E-state index contributed by atoms with van der Waals surface area (Å²) < 4.78 is 2.91. The lowest BCUT2D eigenvalue weighted by Crippen LogP contribution is -2.24. The summed E-state index contributed by atoms with van der Waals surface area (Å²) in [6.45, 7) is 3.24. The van der Waals surface area contributed by atoms with Crippen LogP contribution in [0.3, 0.4) is 0 Å². The molecule has 96 valence electrons. The number of hydrogen-bond acceptors (Lipinski definition) is 3. The number of halogens is 1. The van der Waals surface area contributed by atoms with E-state index in [1.54, 1.807) is 23.6 Å². The van der Waals surface area contributed by atoms with Crippen LogP contribution in [0.2, 0.25) is 0 Å². The second kappa shape index (κ2) is 5.58. The van der Waals surface area contributed by atoms with Gasteiger partial charge in [0.2, 0.25) is 0 Å². The Morgan fingerprint density at radius 1 is 1.56 bits per heavy atom. The van der Waals surface area contributed by atoms with Gasteiger partial charge in [-0.05, 0) is 41.1 Å². The van der Waals surface area contributed by atoms with E-state index in [0.717, 1.165) is 15.2 Å². The van der Waals surface area contributed by atoms with Gasteiger partial charge in [0.25, 0.3) is 5.91 Å². The molecule has 0 fully saturated rings. The first-order chi connectivity index (χ1) is 8.60. The van der Waals surface area contributed by atoms with E-state index in [9.17, 15) is 4.79 Å². The highest BCUT2D eigenvalue weighted by Gasteiger charge is 2.11. The van der Waals surface area contributed by atoms with Gasteiger partial charge in [-0.1, -0.05) is 0 Å². The number of nitrogen functional groups attached to an aromatic ring is 1. The standard InChI is InChI=1S/C12H14BrN3OS/c1-2-16-7-8(14)5-10(16)12(17)15-6-9-3-4-11(13)18-9/h3-5,7H,2,6,14H2,1H3,(H,15,17). The molecular weight excluding hydrogens is 314 g/mol. The first kappa shape index (κ1) is 13.2. The normalized spacial score (nSPS) is 10.6. The topological polar surface area (TPSA) is 60.0 Å². The van der Waals surface area contributed by atoms with Crippen molar-refractivity contribution in [3.8, 4) is 0 Å². The Bertz CT molecular complexity index is 561. The highest BCUT2D eigenvalue weighted by molar-refractivity contribution is 9.11. The molecule has 0 aliphatic rings. The SMILES string of the molecule is CCn1cc(N)cc1C(=O)NCc1ccc(Br)s1. The summed E-state index contributed by atoms with van der Waals surface area (Å²) in [7, 11) is 0. The highest BCUT2D eigenvalue weighted by atomic mass is 79.9. The fourth-order valence-corrected chi connectivity index (χ4v) is 3.11. The van der Waals surface area contributed by atoms with Crippen LogP contribution < -0.4 is 11.1 Å². The number of carbonyl (C=O) groups is 1. The van der Waals surface area contributed by atoms with E-state index in [4.69, 9.17) is 5.73 Å². The van der Waals surface area contributed by atoms with Crippen LogP contribution in [0.4, 0.5) is 5.69 Å². The Kier molecular flexibility index (Phi) is 4.08. The summed E-state index contributed by atoms with van der Waals surface area (Å²) in [5.74, 6) is -0.0990. The number of aromatic nitrogens is 1. The number of nitrogens with zero attached hydrogens (tertiary/aromatic N) is 1. The molecule has 0 unspecified atom stereocenters. The Labute approximate surface area is 118 Å². The number of nitrogens with two attached hydrogens (primary N) is 1. The van der Waals surface area contributed by atoms with Crippen LogP contribution >= 0.6 is 27.3 Å². The molecule has 0 aliphatic carbocycles. The number of aryl methyl sites for hydroxylation is 1. The van der Waals surface area contributed by atoms with E-state index < -0.39 is 0 Å². The lowest BCUT2D eigenvalue weighted by molar-refractivity contribution is 0.0942. The Morgan fingerprint density at radius 2 is 2.33 bits per heavy atom. The van der Waals surface area contributed by atoms with Crippen LogP contribution in [0.5, 0.6) is 0 Å². The zero-order chi connectivity index (χ0) is 13.1. The van der Waals surface area contributed by atoms with Gasteiger partial charge in [-0.2, -0.15) is 0 Å². The molecule has 1 amide bonds. The second-order valence-corrected chi connectivity index (χ2v) is 6.38. The molecular formula is C12H14BrN3OS. The fraction of sp³-hybridized carbons (Fsp3) is 0.250. The molecule has 18 heavy (non-hydrogen) atoms. The lowest BCUT2D eigenvalue weighted by Gasteiger charge is -2.06. The van der Waals surface area contributed by atoms with Crippen molar-refractivity contribution in [1.29, 1.82) is 0 Å². The van der Waals surface area contributed by atoms with Gasteiger partial charge in [0, 0.05) is 17.6 Å². The molecule has 2 rings (SSSR count). The minimum Gasteiger partial charge on any atom is -0.397 e. The van der Waals surface area contributed by atoms with Crippen molar-refractivity contribution in [3.63, 3.8) is 0 Å². The minimum atomic E-state index is -0.0990. The molecule has 3 N–H and O–H groups in total. The average molecular weight is 328 g/mol. The molecule has 0 radical (unpaired) electrons. The van der Waals surface area contributed by atoms with Gasteiger partial charge in [0.1, 0.15) is 5.69 Å². The molecule has 0 saturated carbocycles. The number of carbonyl (C=O) groups excluding carboxylic acids is 1. The quantitative estimate of drug-likeness (QED) is 0.907. The van der Waals surface area contributed by atoms with E-state index in [1.165, 1.54) is 0 Å². The van der Waals surface area contributed by atoms with Gasteiger partial charge in [-0.15, -0.1) is 11.3 Å². The van der Waals surface area contributed by atoms with E-state index in [0.29, 0.717) is 17.9 Å². The van der Waals surface area contributed by atoms with Gasteiger partial charge in [0.15, 0.2) is 0 Å². The van der Waals surface area contributed by atoms with Crippen molar-refractivity contribution < 1.29 is 4.79 Å². The number of rotatable bonds is 4. The largest absolute Gasteiger partial charge is 0.397 e. The molecule has 0 saturated heterocycles. The summed E-state index contributed by atoms with van der Waals surface area (Å²) in [4.78, 5) is 13.1. The molecule has 0 spiro atoms. The Morgan fingerprint density at radius 3 is 2.94 bits per heavy atom. The summed E-state index contributed by atoms with van der Waals surface area (Å²) >= 11 is 5.01. The Hall–Kier alpha value is -1.27. The van der Waals surface area contributed by atoms with Gasteiger partial charge in [-0.3, -0.25) is 4.79 Å². The molecule has 2 aromatic rings. The molecule has 0 bridgehead atoms.